The number of aryl methyl sites for hydroxylation is 2. The van der Waals surface area contributed by atoms with E-state index >= 15 is 0 Å². The third-order valence-corrected chi connectivity index (χ3v) is 3.16. The lowest BCUT2D eigenvalue weighted by atomic mass is 10.1. The van der Waals surface area contributed by atoms with Crippen LogP contribution in [-0.2, 0) is 11.3 Å². The molecule has 3 heteroatoms. The van der Waals surface area contributed by atoms with Crippen molar-refractivity contribution in [2.75, 3.05) is 13.2 Å². The van der Waals surface area contributed by atoms with Crippen LogP contribution in [0.25, 0.3) is 0 Å². The predicted molar refractivity (Wildman–Crippen MR) is 68.3 cm³/mol. The van der Waals surface area contributed by atoms with Crippen molar-refractivity contribution in [3.05, 3.63) is 28.8 Å². The van der Waals surface area contributed by atoms with Crippen LogP contribution in [0, 0.1) is 13.8 Å². The lowest BCUT2D eigenvalue weighted by Crippen LogP contribution is -2.28. The van der Waals surface area contributed by atoms with Gasteiger partial charge in [0.1, 0.15) is 11.9 Å². The standard InChI is InChI=1S/C14H21NO2/c1-10-6-12(8-15)7-11(2)14(10)17-13-4-3-5-16-9-13/h6-7,13H,3-5,8-9,15H2,1-2H3. The monoisotopic (exact) mass is 235 g/mol. The molecule has 1 aromatic rings. The van der Waals surface area contributed by atoms with Crippen LogP contribution in [0.5, 0.6) is 5.75 Å². The van der Waals surface area contributed by atoms with E-state index in [2.05, 4.69) is 26.0 Å². The van der Waals surface area contributed by atoms with Crippen molar-refractivity contribution in [2.24, 2.45) is 5.73 Å². The van der Waals surface area contributed by atoms with Gasteiger partial charge < -0.3 is 15.2 Å². The fourth-order valence-corrected chi connectivity index (χ4v) is 2.31. The van der Waals surface area contributed by atoms with Crippen molar-refractivity contribution < 1.29 is 9.47 Å². The van der Waals surface area contributed by atoms with E-state index in [4.69, 9.17) is 15.2 Å². The SMILES string of the molecule is Cc1cc(CN)cc(C)c1OC1CCCOC1. The Morgan fingerprint density at radius 3 is 2.59 bits per heavy atom. The van der Waals surface area contributed by atoms with Gasteiger partial charge in [-0.1, -0.05) is 12.1 Å². The van der Waals surface area contributed by atoms with Crippen LogP contribution >= 0.6 is 0 Å². The number of hydrogen-bond acceptors (Lipinski definition) is 3. The number of ether oxygens (including phenoxy) is 2. The number of hydrogen-bond donors (Lipinski definition) is 1. The minimum atomic E-state index is 0.199. The first kappa shape index (κ1) is 12.4. The van der Waals surface area contributed by atoms with E-state index in [0.29, 0.717) is 13.2 Å². The first-order chi connectivity index (χ1) is 8.20. The lowest BCUT2D eigenvalue weighted by Gasteiger charge is -2.25. The zero-order chi connectivity index (χ0) is 12.3. The maximum absolute atomic E-state index is 6.05. The molecule has 17 heavy (non-hydrogen) atoms. The highest BCUT2D eigenvalue weighted by molar-refractivity contribution is 5.43. The van der Waals surface area contributed by atoms with Gasteiger partial charge in [0, 0.05) is 13.2 Å². The second kappa shape index (κ2) is 5.52. The predicted octanol–water partition coefficient (Wildman–Crippen LogP) is 2.32. The maximum atomic E-state index is 6.05. The average Bonchev–Trinajstić information content (AvgIpc) is 2.35. The first-order valence-electron chi connectivity index (χ1n) is 6.25. The second-order valence-corrected chi connectivity index (χ2v) is 4.72. The molecule has 1 atom stereocenters. The lowest BCUT2D eigenvalue weighted by molar-refractivity contribution is 0.00687. The summed E-state index contributed by atoms with van der Waals surface area (Å²) < 4.78 is 11.5. The molecule has 3 nitrogen and oxygen atoms in total. The van der Waals surface area contributed by atoms with E-state index in [1.807, 2.05) is 0 Å². The van der Waals surface area contributed by atoms with Crippen LogP contribution in [0.15, 0.2) is 12.1 Å². The highest BCUT2D eigenvalue weighted by Gasteiger charge is 2.17. The summed E-state index contributed by atoms with van der Waals surface area (Å²) >= 11 is 0. The summed E-state index contributed by atoms with van der Waals surface area (Å²) in [5.41, 5.74) is 9.15. The van der Waals surface area contributed by atoms with Crippen molar-refractivity contribution >= 4 is 0 Å². The van der Waals surface area contributed by atoms with Crippen LogP contribution in [0.1, 0.15) is 29.5 Å². The van der Waals surface area contributed by atoms with Gasteiger partial charge in [-0.15, -0.1) is 0 Å². The normalized spacial score (nSPS) is 20.3. The van der Waals surface area contributed by atoms with Gasteiger partial charge in [0.15, 0.2) is 0 Å². The fourth-order valence-electron chi connectivity index (χ4n) is 2.31. The highest BCUT2D eigenvalue weighted by Crippen LogP contribution is 2.27. The Balaban J connectivity index is 2.14. The largest absolute Gasteiger partial charge is 0.487 e. The summed E-state index contributed by atoms with van der Waals surface area (Å²) in [6.45, 7) is 6.30. The van der Waals surface area contributed by atoms with Gasteiger partial charge in [-0.05, 0) is 43.4 Å². The molecule has 2 rings (SSSR count). The number of rotatable bonds is 3. The molecule has 0 saturated carbocycles. The third kappa shape index (κ3) is 2.99. The van der Waals surface area contributed by atoms with Crippen molar-refractivity contribution in [1.82, 2.24) is 0 Å². The van der Waals surface area contributed by atoms with Gasteiger partial charge in [0.25, 0.3) is 0 Å². The summed E-state index contributed by atoms with van der Waals surface area (Å²) in [4.78, 5) is 0. The third-order valence-electron chi connectivity index (χ3n) is 3.16. The highest BCUT2D eigenvalue weighted by atomic mass is 16.5. The molecule has 2 N–H and O–H groups in total. The Hall–Kier alpha value is -1.06. The Labute approximate surface area is 103 Å². The summed E-state index contributed by atoms with van der Waals surface area (Å²) in [5, 5.41) is 0. The van der Waals surface area contributed by atoms with Crippen molar-refractivity contribution in [3.63, 3.8) is 0 Å². The van der Waals surface area contributed by atoms with Gasteiger partial charge >= 0.3 is 0 Å². The summed E-state index contributed by atoms with van der Waals surface area (Å²) in [6.07, 6.45) is 2.37. The first-order valence-corrected chi connectivity index (χ1v) is 6.25. The molecule has 0 bridgehead atoms. The van der Waals surface area contributed by atoms with Gasteiger partial charge in [0.2, 0.25) is 0 Å². The molecule has 1 aliphatic rings. The molecule has 0 aromatic heterocycles. The summed E-state index contributed by atoms with van der Waals surface area (Å²) in [7, 11) is 0. The number of nitrogens with two attached hydrogens (primary N) is 1. The van der Waals surface area contributed by atoms with E-state index in [1.165, 1.54) is 0 Å². The molecular formula is C14H21NO2. The Bertz CT molecular complexity index is 361. The molecule has 0 aliphatic carbocycles. The minimum Gasteiger partial charge on any atom is -0.487 e. The molecule has 0 amide bonds. The van der Waals surface area contributed by atoms with E-state index in [1.54, 1.807) is 0 Å². The van der Waals surface area contributed by atoms with Gasteiger partial charge in [0.05, 0.1) is 6.61 Å². The van der Waals surface area contributed by atoms with Gasteiger partial charge in [-0.2, -0.15) is 0 Å². The van der Waals surface area contributed by atoms with Crippen LogP contribution in [0.2, 0.25) is 0 Å². The molecule has 1 aliphatic heterocycles. The molecule has 1 aromatic carbocycles. The summed E-state index contributed by atoms with van der Waals surface area (Å²) in [5.74, 6) is 0.998. The van der Waals surface area contributed by atoms with Crippen LogP contribution in [0.4, 0.5) is 0 Å². The number of benzene rings is 1. The fraction of sp³-hybridized carbons (Fsp3) is 0.571. The zero-order valence-corrected chi connectivity index (χ0v) is 10.7. The van der Waals surface area contributed by atoms with Gasteiger partial charge in [-0.3, -0.25) is 0 Å². The Kier molecular flexibility index (Phi) is 4.02. The smallest absolute Gasteiger partial charge is 0.125 e. The minimum absolute atomic E-state index is 0.199. The topological polar surface area (TPSA) is 44.5 Å². The average molecular weight is 235 g/mol. The quantitative estimate of drug-likeness (QED) is 0.874. The van der Waals surface area contributed by atoms with Crippen LogP contribution in [-0.4, -0.2) is 19.3 Å². The Morgan fingerprint density at radius 1 is 1.35 bits per heavy atom. The molecule has 0 radical (unpaired) electrons. The Morgan fingerprint density at radius 2 is 2.06 bits per heavy atom. The van der Waals surface area contributed by atoms with E-state index < -0.39 is 0 Å². The van der Waals surface area contributed by atoms with Crippen LogP contribution < -0.4 is 10.5 Å². The van der Waals surface area contributed by atoms with E-state index in [0.717, 1.165) is 41.9 Å². The van der Waals surface area contributed by atoms with E-state index in [-0.39, 0.29) is 6.10 Å². The molecule has 0 spiro atoms. The molecule has 94 valence electrons. The second-order valence-electron chi connectivity index (χ2n) is 4.72. The van der Waals surface area contributed by atoms with Crippen molar-refractivity contribution in [2.45, 2.75) is 39.3 Å². The van der Waals surface area contributed by atoms with Gasteiger partial charge in [-0.25, -0.2) is 0 Å². The molecular weight excluding hydrogens is 214 g/mol. The van der Waals surface area contributed by atoms with E-state index in [9.17, 15) is 0 Å². The summed E-state index contributed by atoms with van der Waals surface area (Å²) in [6, 6.07) is 4.21. The molecule has 1 saturated heterocycles. The molecule has 1 heterocycles. The zero-order valence-electron chi connectivity index (χ0n) is 10.7. The molecule has 1 unspecified atom stereocenters. The molecule has 1 fully saturated rings. The van der Waals surface area contributed by atoms with Crippen LogP contribution in [0.3, 0.4) is 0 Å². The van der Waals surface area contributed by atoms with Crippen molar-refractivity contribution in [3.8, 4) is 5.75 Å². The maximum Gasteiger partial charge on any atom is 0.125 e. The van der Waals surface area contributed by atoms with Crippen molar-refractivity contribution in [1.29, 1.82) is 0 Å².